The summed E-state index contributed by atoms with van der Waals surface area (Å²) in [6.07, 6.45) is 0. The molecule has 0 atom stereocenters. The van der Waals surface area contributed by atoms with Crippen LogP contribution >= 0.6 is 0 Å². The molecule has 1 aromatic carbocycles. The van der Waals surface area contributed by atoms with Gasteiger partial charge in [-0.05, 0) is 31.0 Å². The van der Waals surface area contributed by atoms with Crippen LogP contribution in [-0.2, 0) is 0 Å². The number of benzene rings is 1. The molecule has 82 valence electrons. The first-order valence-corrected chi connectivity index (χ1v) is 4.72. The average molecular weight is 208 g/mol. The van der Waals surface area contributed by atoms with Crippen LogP contribution in [0.3, 0.4) is 0 Å². The number of hydrazine groups is 1. The maximum atomic E-state index is 11.7. The van der Waals surface area contributed by atoms with Crippen molar-refractivity contribution < 1.29 is 9.53 Å². The fourth-order valence-electron chi connectivity index (χ4n) is 1.56. The molecule has 15 heavy (non-hydrogen) atoms. The maximum Gasteiger partial charge on any atom is 0.269 e. The largest absolute Gasteiger partial charge is 0.496 e. The van der Waals surface area contributed by atoms with Crippen LogP contribution in [0.5, 0.6) is 5.75 Å². The van der Waals surface area contributed by atoms with E-state index in [1.807, 2.05) is 26.0 Å². The minimum atomic E-state index is -0.188. The minimum Gasteiger partial charge on any atom is -0.496 e. The van der Waals surface area contributed by atoms with Crippen molar-refractivity contribution in [2.45, 2.75) is 13.8 Å². The molecule has 0 saturated carbocycles. The van der Waals surface area contributed by atoms with Crippen molar-refractivity contribution >= 4 is 5.91 Å². The second-order valence-electron chi connectivity index (χ2n) is 3.36. The quantitative estimate of drug-likeness (QED) is 0.733. The minimum absolute atomic E-state index is 0.188. The highest BCUT2D eigenvalue weighted by Crippen LogP contribution is 2.23. The first-order chi connectivity index (χ1) is 7.10. The lowest BCUT2D eigenvalue weighted by Crippen LogP contribution is -2.34. The van der Waals surface area contributed by atoms with Gasteiger partial charge in [-0.1, -0.05) is 6.07 Å². The van der Waals surface area contributed by atoms with Crippen LogP contribution in [0.15, 0.2) is 12.1 Å². The summed E-state index contributed by atoms with van der Waals surface area (Å²) >= 11 is 0. The predicted octanol–water partition coefficient (Wildman–Crippen LogP) is 1.18. The number of carbonyl (C=O) groups excluding carboxylic acids is 1. The van der Waals surface area contributed by atoms with Crippen LogP contribution in [-0.4, -0.2) is 20.1 Å². The van der Waals surface area contributed by atoms with E-state index >= 15 is 0 Å². The number of methoxy groups -OCH3 is 1. The Morgan fingerprint density at radius 1 is 1.33 bits per heavy atom. The molecule has 4 heteroatoms. The van der Waals surface area contributed by atoms with Gasteiger partial charge in [0.05, 0.1) is 12.7 Å². The van der Waals surface area contributed by atoms with E-state index < -0.39 is 0 Å². The molecular formula is C11H16N2O2. The second-order valence-corrected chi connectivity index (χ2v) is 3.36. The van der Waals surface area contributed by atoms with Gasteiger partial charge in [0.2, 0.25) is 0 Å². The maximum absolute atomic E-state index is 11.7. The number of hydrogen-bond donors (Lipinski definition) is 2. The highest BCUT2D eigenvalue weighted by molar-refractivity contribution is 5.98. The Hall–Kier alpha value is -1.55. The summed E-state index contributed by atoms with van der Waals surface area (Å²) in [5.74, 6) is 0.409. The van der Waals surface area contributed by atoms with E-state index in [1.54, 1.807) is 14.2 Å². The zero-order chi connectivity index (χ0) is 11.4. The number of aryl methyl sites for hydroxylation is 2. The smallest absolute Gasteiger partial charge is 0.269 e. The zero-order valence-electron chi connectivity index (χ0n) is 9.47. The van der Waals surface area contributed by atoms with Crippen LogP contribution in [0.1, 0.15) is 21.5 Å². The van der Waals surface area contributed by atoms with Gasteiger partial charge in [0, 0.05) is 7.05 Å². The van der Waals surface area contributed by atoms with E-state index in [0.717, 1.165) is 11.1 Å². The molecule has 0 saturated heterocycles. The van der Waals surface area contributed by atoms with E-state index in [-0.39, 0.29) is 5.91 Å². The van der Waals surface area contributed by atoms with Crippen LogP contribution < -0.4 is 15.6 Å². The first-order valence-electron chi connectivity index (χ1n) is 4.72. The van der Waals surface area contributed by atoms with Crippen LogP contribution in [0.25, 0.3) is 0 Å². The number of ether oxygens (including phenoxy) is 1. The Morgan fingerprint density at radius 2 is 2.00 bits per heavy atom. The number of hydrogen-bond acceptors (Lipinski definition) is 3. The summed E-state index contributed by atoms with van der Waals surface area (Å²) < 4.78 is 5.19. The topological polar surface area (TPSA) is 50.4 Å². The van der Waals surface area contributed by atoms with Crippen molar-refractivity contribution in [2.75, 3.05) is 14.2 Å². The molecule has 0 bridgehead atoms. The average Bonchev–Trinajstić information content (AvgIpc) is 2.16. The third-order valence-electron chi connectivity index (χ3n) is 2.13. The third kappa shape index (κ3) is 2.47. The lowest BCUT2D eigenvalue weighted by Gasteiger charge is -2.12. The van der Waals surface area contributed by atoms with Crippen molar-refractivity contribution in [1.29, 1.82) is 0 Å². The summed E-state index contributed by atoms with van der Waals surface area (Å²) in [4.78, 5) is 11.7. The van der Waals surface area contributed by atoms with E-state index in [2.05, 4.69) is 10.9 Å². The third-order valence-corrected chi connectivity index (χ3v) is 2.13. The molecule has 1 rings (SSSR count). The molecule has 2 N–H and O–H groups in total. The summed E-state index contributed by atoms with van der Waals surface area (Å²) in [5, 5.41) is 0. The van der Waals surface area contributed by atoms with Gasteiger partial charge in [-0.3, -0.25) is 10.2 Å². The van der Waals surface area contributed by atoms with Crippen LogP contribution in [0.4, 0.5) is 0 Å². The van der Waals surface area contributed by atoms with Gasteiger partial charge in [0.15, 0.2) is 0 Å². The summed E-state index contributed by atoms with van der Waals surface area (Å²) in [6, 6.07) is 3.80. The van der Waals surface area contributed by atoms with Gasteiger partial charge in [0.1, 0.15) is 5.75 Å². The SMILES string of the molecule is CNNC(=O)c1c(C)cc(C)cc1OC. The van der Waals surface area contributed by atoms with E-state index in [1.165, 1.54) is 0 Å². The molecule has 0 fully saturated rings. The molecule has 0 radical (unpaired) electrons. The highest BCUT2D eigenvalue weighted by Gasteiger charge is 2.14. The van der Waals surface area contributed by atoms with Crippen molar-refractivity contribution in [3.8, 4) is 5.75 Å². The van der Waals surface area contributed by atoms with Gasteiger partial charge < -0.3 is 4.74 Å². The molecule has 4 nitrogen and oxygen atoms in total. The van der Waals surface area contributed by atoms with Crippen molar-refractivity contribution in [2.24, 2.45) is 0 Å². The van der Waals surface area contributed by atoms with Crippen LogP contribution in [0.2, 0.25) is 0 Å². The van der Waals surface area contributed by atoms with Gasteiger partial charge in [-0.25, -0.2) is 5.43 Å². The molecular weight excluding hydrogens is 192 g/mol. The first kappa shape index (κ1) is 11.5. The molecule has 0 spiro atoms. The second kappa shape index (κ2) is 4.79. The monoisotopic (exact) mass is 208 g/mol. The van der Waals surface area contributed by atoms with Crippen molar-refractivity contribution in [1.82, 2.24) is 10.9 Å². The molecule has 0 aliphatic heterocycles. The standard InChI is InChI=1S/C11H16N2O2/c1-7-5-8(2)10(9(6-7)15-4)11(14)13-12-3/h5-6,12H,1-4H3,(H,13,14). The molecule has 0 heterocycles. The van der Waals surface area contributed by atoms with Crippen LogP contribution in [0, 0.1) is 13.8 Å². The van der Waals surface area contributed by atoms with E-state index in [0.29, 0.717) is 11.3 Å². The summed E-state index contributed by atoms with van der Waals surface area (Å²) in [6.45, 7) is 3.86. The molecule has 0 aliphatic carbocycles. The molecule has 0 aliphatic rings. The Labute approximate surface area is 89.6 Å². The lowest BCUT2D eigenvalue weighted by atomic mass is 10.0. The normalized spacial score (nSPS) is 9.87. The van der Waals surface area contributed by atoms with Gasteiger partial charge in [-0.2, -0.15) is 0 Å². The van der Waals surface area contributed by atoms with E-state index in [9.17, 15) is 4.79 Å². The number of carbonyl (C=O) groups is 1. The summed E-state index contributed by atoms with van der Waals surface area (Å²) in [5.41, 5.74) is 7.68. The zero-order valence-corrected chi connectivity index (χ0v) is 9.47. The molecule has 0 aromatic heterocycles. The lowest BCUT2D eigenvalue weighted by molar-refractivity contribution is 0.0934. The summed E-state index contributed by atoms with van der Waals surface area (Å²) in [7, 11) is 3.21. The fourth-order valence-corrected chi connectivity index (χ4v) is 1.56. The molecule has 1 amide bonds. The highest BCUT2D eigenvalue weighted by atomic mass is 16.5. The predicted molar refractivity (Wildman–Crippen MR) is 59.0 cm³/mol. The molecule has 1 aromatic rings. The van der Waals surface area contributed by atoms with E-state index in [4.69, 9.17) is 4.74 Å². The Morgan fingerprint density at radius 3 is 2.53 bits per heavy atom. The fraction of sp³-hybridized carbons (Fsp3) is 0.364. The number of amides is 1. The van der Waals surface area contributed by atoms with Gasteiger partial charge >= 0.3 is 0 Å². The van der Waals surface area contributed by atoms with Crippen molar-refractivity contribution in [3.63, 3.8) is 0 Å². The molecule has 0 unspecified atom stereocenters. The Kier molecular flexibility index (Phi) is 3.68. The van der Waals surface area contributed by atoms with Gasteiger partial charge in [-0.15, -0.1) is 0 Å². The number of nitrogens with one attached hydrogen (secondary N) is 2. The number of rotatable bonds is 3. The van der Waals surface area contributed by atoms with Crippen molar-refractivity contribution in [3.05, 3.63) is 28.8 Å². The van der Waals surface area contributed by atoms with Gasteiger partial charge in [0.25, 0.3) is 5.91 Å². The Bertz CT molecular complexity index is 375. The Balaban J connectivity index is 3.20.